The van der Waals surface area contributed by atoms with Crippen LogP contribution in [0.3, 0.4) is 0 Å². The van der Waals surface area contributed by atoms with E-state index in [0.717, 1.165) is 17.8 Å². The number of hydrazine groups is 1. The normalized spacial score (nSPS) is 13.3. The van der Waals surface area contributed by atoms with E-state index < -0.39 is 23.2 Å². The predicted octanol–water partition coefficient (Wildman–Crippen LogP) is 4.54. The number of rotatable bonds is 5. The van der Waals surface area contributed by atoms with Gasteiger partial charge in [-0.15, -0.1) is 0 Å². The Labute approximate surface area is 225 Å². The standard InChI is InChI=1S/C27H23F3N8O2/c1-15-7-8-19(33-24(39)17-5-4-6-18(11-17)27(28,29)30)12-20(15)22-25(40)37(3)23-21(34-22)13-31-26(35-23)36-38-10-9-16(2)32-14-38/h4-13H,14H2,1-3H3,(H,33,39)(H,31,35,36). The van der Waals surface area contributed by atoms with Crippen molar-refractivity contribution >= 4 is 34.4 Å². The molecule has 2 aromatic heterocycles. The number of carbonyl (C=O) groups is 1. The van der Waals surface area contributed by atoms with Crippen molar-refractivity contribution in [2.75, 3.05) is 17.4 Å². The van der Waals surface area contributed by atoms with E-state index in [1.807, 2.05) is 13.0 Å². The molecule has 2 aromatic carbocycles. The summed E-state index contributed by atoms with van der Waals surface area (Å²) in [6.45, 7) is 4.04. The number of nitrogens with zero attached hydrogens (tertiary/aromatic N) is 6. The number of halogens is 3. The summed E-state index contributed by atoms with van der Waals surface area (Å²) in [6, 6.07) is 8.97. The van der Waals surface area contributed by atoms with E-state index in [4.69, 9.17) is 0 Å². The van der Waals surface area contributed by atoms with Gasteiger partial charge in [0.05, 0.1) is 11.8 Å². The molecule has 3 heterocycles. The van der Waals surface area contributed by atoms with Gasteiger partial charge in [0.15, 0.2) is 5.65 Å². The molecule has 2 N–H and O–H groups in total. The highest BCUT2D eigenvalue weighted by Crippen LogP contribution is 2.30. The van der Waals surface area contributed by atoms with Gasteiger partial charge in [0.1, 0.15) is 17.9 Å². The molecule has 0 saturated carbocycles. The first-order valence-electron chi connectivity index (χ1n) is 12.1. The highest BCUT2D eigenvalue weighted by Gasteiger charge is 2.31. The lowest BCUT2D eigenvalue weighted by molar-refractivity contribution is -0.137. The van der Waals surface area contributed by atoms with Crippen LogP contribution < -0.4 is 16.3 Å². The third-order valence-electron chi connectivity index (χ3n) is 6.22. The first-order valence-corrected chi connectivity index (χ1v) is 12.1. The van der Waals surface area contributed by atoms with Gasteiger partial charge in [-0.3, -0.25) is 29.6 Å². The van der Waals surface area contributed by atoms with E-state index in [9.17, 15) is 22.8 Å². The molecule has 0 atom stereocenters. The van der Waals surface area contributed by atoms with Crippen LogP contribution in [-0.2, 0) is 13.2 Å². The smallest absolute Gasteiger partial charge is 0.322 e. The number of hydrogen-bond donors (Lipinski definition) is 2. The third kappa shape index (κ3) is 5.39. The summed E-state index contributed by atoms with van der Waals surface area (Å²) >= 11 is 0. The lowest BCUT2D eigenvalue weighted by Crippen LogP contribution is -2.29. The molecule has 10 nitrogen and oxygen atoms in total. The van der Waals surface area contributed by atoms with E-state index in [1.165, 1.54) is 22.9 Å². The van der Waals surface area contributed by atoms with Crippen LogP contribution >= 0.6 is 0 Å². The van der Waals surface area contributed by atoms with Crippen LogP contribution in [0.25, 0.3) is 22.4 Å². The molecular formula is C27H23F3N8O2. The second kappa shape index (κ2) is 10.2. The molecular weight excluding hydrogens is 525 g/mol. The van der Waals surface area contributed by atoms with Crippen molar-refractivity contribution in [3.8, 4) is 11.3 Å². The summed E-state index contributed by atoms with van der Waals surface area (Å²) in [5, 5.41) is 4.29. The van der Waals surface area contributed by atoms with Gasteiger partial charge >= 0.3 is 6.18 Å². The molecule has 13 heteroatoms. The molecule has 0 saturated heterocycles. The van der Waals surface area contributed by atoms with Gasteiger partial charge in [-0.05, 0) is 55.8 Å². The van der Waals surface area contributed by atoms with Crippen LogP contribution in [0.2, 0.25) is 0 Å². The molecule has 0 spiro atoms. The van der Waals surface area contributed by atoms with Crippen LogP contribution in [0.4, 0.5) is 24.8 Å². The van der Waals surface area contributed by atoms with E-state index in [0.29, 0.717) is 29.0 Å². The first kappa shape index (κ1) is 26.5. The summed E-state index contributed by atoms with van der Waals surface area (Å²) in [4.78, 5) is 43.6. The molecule has 1 amide bonds. The molecule has 40 heavy (non-hydrogen) atoms. The summed E-state index contributed by atoms with van der Waals surface area (Å²) in [5.41, 5.74) is 4.61. The summed E-state index contributed by atoms with van der Waals surface area (Å²) in [7, 11) is 1.57. The first-order chi connectivity index (χ1) is 19.0. The number of benzene rings is 2. The second-order valence-electron chi connectivity index (χ2n) is 9.13. The lowest BCUT2D eigenvalue weighted by atomic mass is 10.0. The van der Waals surface area contributed by atoms with Crippen molar-refractivity contribution in [1.82, 2.24) is 24.5 Å². The number of fused-ring (bicyclic) bond motifs is 1. The van der Waals surface area contributed by atoms with Crippen molar-refractivity contribution in [2.24, 2.45) is 12.0 Å². The zero-order chi connectivity index (χ0) is 28.6. The third-order valence-corrected chi connectivity index (χ3v) is 6.22. The average molecular weight is 549 g/mol. The number of anilines is 2. The van der Waals surface area contributed by atoms with Crippen molar-refractivity contribution in [3.05, 3.63) is 88.0 Å². The Morgan fingerprint density at radius 2 is 1.88 bits per heavy atom. The van der Waals surface area contributed by atoms with Crippen LogP contribution in [0.5, 0.6) is 0 Å². The molecule has 1 aliphatic heterocycles. The second-order valence-corrected chi connectivity index (χ2v) is 9.13. The van der Waals surface area contributed by atoms with Crippen LogP contribution in [0.15, 0.2) is 70.7 Å². The lowest BCUT2D eigenvalue weighted by Gasteiger charge is -2.21. The van der Waals surface area contributed by atoms with Crippen molar-refractivity contribution in [1.29, 1.82) is 0 Å². The molecule has 0 fully saturated rings. The fraction of sp³-hybridized carbons (Fsp3) is 0.185. The minimum atomic E-state index is -4.58. The predicted molar refractivity (Wildman–Crippen MR) is 145 cm³/mol. The summed E-state index contributed by atoms with van der Waals surface area (Å²) < 4.78 is 40.6. The van der Waals surface area contributed by atoms with Gasteiger partial charge in [0.2, 0.25) is 5.95 Å². The Morgan fingerprint density at radius 1 is 1.07 bits per heavy atom. The maximum atomic E-state index is 13.3. The monoisotopic (exact) mass is 548 g/mol. The van der Waals surface area contributed by atoms with Crippen molar-refractivity contribution in [2.45, 2.75) is 20.0 Å². The molecule has 0 radical (unpaired) electrons. The zero-order valence-corrected chi connectivity index (χ0v) is 21.6. The number of amides is 1. The SMILES string of the molecule is CC1=NCN(Nc2ncc3nc(-c4cc(NC(=O)c5cccc(C(F)(F)F)c5)ccc4C)c(=O)n(C)c3n2)C=C1. The van der Waals surface area contributed by atoms with Crippen molar-refractivity contribution < 1.29 is 18.0 Å². The van der Waals surface area contributed by atoms with Gasteiger partial charge in [-0.25, -0.2) is 9.97 Å². The summed E-state index contributed by atoms with van der Waals surface area (Å²) in [6.07, 6.45) is 0.551. The minimum Gasteiger partial charge on any atom is -0.322 e. The number of hydrogen-bond acceptors (Lipinski definition) is 8. The Morgan fingerprint density at radius 3 is 2.60 bits per heavy atom. The zero-order valence-electron chi connectivity index (χ0n) is 21.6. The maximum Gasteiger partial charge on any atom is 0.416 e. The number of aliphatic imine (C=N–C) groups is 1. The fourth-order valence-corrected chi connectivity index (χ4v) is 4.03. The molecule has 0 unspecified atom stereocenters. The average Bonchev–Trinajstić information content (AvgIpc) is 2.93. The van der Waals surface area contributed by atoms with E-state index >= 15 is 0 Å². The van der Waals surface area contributed by atoms with Crippen LogP contribution in [0, 0.1) is 6.92 Å². The quantitative estimate of drug-likeness (QED) is 0.376. The van der Waals surface area contributed by atoms with Crippen molar-refractivity contribution in [3.63, 3.8) is 0 Å². The Hall–Kier alpha value is -5.07. The van der Waals surface area contributed by atoms with Gasteiger partial charge < -0.3 is 5.32 Å². The molecule has 5 rings (SSSR count). The number of aryl methyl sites for hydroxylation is 2. The number of aromatic nitrogens is 4. The minimum absolute atomic E-state index is 0.107. The van der Waals surface area contributed by atoms with E-state index in [2.05, 4.69) is 30.7 Å². The number of alkyl halides is 3. The largest absolute Gasteiger partial charge is 0.416 e. The van der Waals surface area contributed by atoms with Crippen LogP contribution in [-0.4, -0.2) is 42.8 Å². The summed E-state index contributed by atoms with van der Waals surface area (Å²) in [5.74, 6) is -0.468. The number of allylic oxidation sites excluding steroid dienone is 1. The molecule has 4 aromatic rings. The Bertz CT molecular complexity index is 1760. The number of nitrogens with one attached hydrogen (secondary N) is 2. The van der Waals surface area contributed by atoms with Gasteiger partial charge in [0.25, 0.3) is 11.5 Å². The Balaban J connectivity index is 1.44. The van der Waals surface area contributed by atoms with E-state index in [1.54, 1.807) is 43.4 Å². The van der Waals surface area contributed by atoms with E-state index in [-0.39, 0.29) is 22.9 Å². The number of carbonyl (C=O) groups excluding carboxylic acids is 1. The van der Waals surface area contributed by atoms with Gasteiger partial charge in [-0.1, -0.05) is 12.1 Å². The highest BCUT2D eigenvalue weighted by molar-refractivity contribution is 6.04. The molecule has 0 aliphatic carbocycles. The molecule has 1 aliphatic rings. The van der Waals surface area contributed by atoms with Gasteiger partial charge in [-0.2, -0.15) is 18.2 Å². The maximum absolute atomic E-state index is 13.3. The Kier molecular flexibility index (Phi) is 6.80. The van der Waals surface area contributed by atoms with Crippen LogP contribution in [0.1, 0.15) is 28.4 Å². The highest BCUT2D eigenvalue weighted by atomic mass is 19.4. The fourth-order valence-electron chi connectivity index (χ4n) is 4.03. The van der Waals surface area contributed by atoms with Gasteiger partial charge in [0, 0.05) is 35.8 Å². The topological polar surface area (TPSA) is 117 Å². The molecule has 204 valence electrons. The molecule has 0 bridgehead atoms.